The van der Waals surface area contributed by atoms with Crippen LogP contribution in [0.2, 0.25) is 0 Å². The maximum absolute atomic E-state index is 13.2. The van der Waals surface area contributed by atoms with Crippen LogP contribution < -0.4 is 10.7 Å². The molecule has 10 heteroatoms. The molecule has 3 rings (SSSR count). The molecular formula is C23H28N4O5S. The summed E-state index contributed by atoms with van der Waals surface area (Å²) in [7, 11) is 2.84. The molecule has 1 unspecified atom stereocenters. The lowest BCUT2D eigenvalue weighted by Crippen LogP contribution is -2.34. The number of carbonyl (C=O) groups is 2. The molecule has 9 nitrogen and oxygen atoms in total. The van der Waals surface area contributed by atoms with Gasteiger partial charge in [0.05, 0.1) is 48.4 Å². The second kappa shape index (κ2) is 11.1. The molecule has 2 heterocycles. The third kappa shape index (κ3) is 5.23. The first-order chi connectivity index (χ1) is 15.9. The number of esters is 2. The standard InChI is InChI=1S/C23H28N4O5S/c1-14-18(21(28)31-4)20(19(15(2)25-14)22(29)32-12-11-30-3)17-13-24-23(33-5)27(17)26-16-9-7-6-8-10-16/h6-10,13,20,25-26H,11-12H2,1-5H3. The molecule has 33 heavy (non-hydrogen) atoms. The van der Waals surface area contributed by atoms with Crippen molar-refractivity contribution in [1.29, 1.82) is 0 Å². The highest BCUT2D eigenvalue weighted by Gasteiger charge is 2.40. The van der Waals surface area contributed by atoms with Crippen LogP contribution in [0.15, 0.2) is 64.2 Å². The second-order valence-electron chi connectivity index (χ2n) is 7.24. The zero-order valence-corrected chi connectivity index (χ0v) is 20.1. The number of hydrogen-bond donors (Lipinski definition) is 2. The number of rotatable bonds is 9. The highest BCUT2D eigenvalue weighted by molar-refractivity contribution is 7.98. The number of allylic oxidation sites excluding steroid dienone is 2. The Morgan fingerprint density at radius 3 is 2.36 bits per heavy atom. The summed E-state index contributed by atoms with van der Waals surface area (Å²) in [5.41, 5.74) is 6.56. The second-order valence-corrected chi connectivity index (χ2v) is 8.01. The van der Waals surface area contributed by atoms with Gasteiger partial charge in [-0.2, -0.15) is 0 Å². The number of nitrogens with one attached hydrogen (secondary N) is 2. The summed E-state index contributed by atoms with van der Waals surface area (Å²) in [6.07, 6.45) is 3.56. The molecule has 2 N–H and O–H groups in total. The lowest BCUT2D eigenvalue weighted by Gasteiger charge is -2.30. The highest BCUT2D eigenvalue weighted by Crippen LogP contribution is 2.40. The molecule has 2 aromatic rings. The van der Waals surface area contributed by atoms with Crippen LogP contribution in [0, 0.1) is 0 Å². The fraction of sp³-hybridized carbons (Fsp3) is 0.348. The average Bonchev–Trinajstić information content (AvgIpc) is 3.21. The number of carbonyl (C=O) groups excluding carboxylic acids is 2. The van der Waals surface area contributed by atoms with Crippen molar-refractivity contribution in [2.45, 2.75) is 24.9 Å². The summed E-state index contributed by atoms with van der Waals surface area (Å²) in [6, 6.07) is 9.58. The van der Waals surface area contributed by atoms with E-state index in [2.05, 4.69) is 15.7 Å². The molecule has 1 aromatic carbocycles. The van der Waals surface area contributed by atoms with Crippen molar-refractivity contribution in [3.05, 3.63) is 64.8 Å². The molecule has 0 radical (unpaired) electrons. The smallest absolute Gasteiger partial charge is 0.336 e. The van der Waals surface area contributed by atoms with Crippen LogP contribution in [0.4, 0.5) is 5.69 Å². The Bertz CT molecular complexity index is 1080. The van der Waals surface area contributed by atoms with Crippen molar-refractivity contribution in [1.82, 2.24) is 15.0 Å². The fourth-order valence-electron chi connectivity index (χ4n) is 3.69. The number of methoxy groups -OCH3 is 2. The molecule has 176 valence electrons. The highest BCUT2D eigenvalue weighted by atomic mass is 32.2. The molecule has 0 saturated heterocycles. The minimum absolute atomic E-state index is 0.0900. The van der Waals surface area contributed by atoms with Crippen molar-refractivity contribution in [3.63, 3.8) is 0 Å². The van der Waals surface area contributed by atoms with E-state index in [0.717, 1.165) is 5.69 Å². The van der Waals surface area contributed by atoms with Gasteiger partial charge in [0.2, 0.25) is 0 Å². The van der Waals surface area contributed by atoms with Crippen LogP contribution in [0.1, 0.15) is 25.5 Å². The summed E-state index contributed by atoms with van der Waals surface area (Å²) in [6.45, 7) is 3.90. The quantitative estimate of drug-likeness (QED) is 0.324. The number of ether oxygens (including phenoxy) is 3. The zero-order chi connectivity index (χ0) is 24.0. The minimum Gasteiger partial charge on any atom is -0.466 e. The van der Waals surface area contributed by atoms with Crippen molar-refractivity contribution < 1.29 is 23.8 Å². The topological polar surface area (TPSA) is 104 Å². The molecule has 0 saturated carbocycles. The minimum atomic E-state index is -0.765. The lowest BCUT2D eigenvalue weighted by molar-refractivity contribution is -0.140. The number of dihydropyridines is 1. The Balaban J connectivity index is 2.15. The third-order valence-corrected chi connectivity index (χ3v) is 5.81. The van der Waals surface area contributed by atoms with Gasteiger partial charge in [-0.25, -0.2) is 19.2 Å². The molecule has 1 aromatic heterocycles. The Morgan fingerprint density at radius 2 is 1.76 bits per heavy atom. The number of imidazole rings is 1. The van der Waals surface area contributed by atoms with Crippen LogP contribution in [-0.2, 0) is 23.8 Å². The Hall–Kier alpha value is -3.24. The fourth-order valence-corrected chi connectivity index (χ4v) is 4.18. The predicted octanol–water partition coefficient (Wildman–Crippen LogP) is 3.08. The maximum atomic E-state index is 13.2. The molecule has 0 spiro atoms. The molecular weight excluding hydrogens is 444 g/mol. The Morgan fingerprint density at radius 1 is 1.09 bits per heavy atom. The van der Waals surface area contributed by atoms with Crippen LogP contribution in [0.5, 0.6) is 0 Å². The Labute approximate surface area is 197 Å². The maximum Gasteiger partial charge on any atom is 0.336 e. The normalized spacial score (nSPS) is 15.8. The first-order valence-electron chi connectivity index (χ1n) is 10.3. The molecule has 0 fully saturated rings. The zero-order valence-electron chi connectivity index (χ0n) is 19.3. The van der Waals surface area contributed by atoms with Gasteiger partial charge in [0, 0.05) is 18.5 Å². The van der Waals surface area contributed by atoms with E-state index in [1.807, 2.05) is 36.6 Å². The van der Waals surface area contributed by atoms with Crippen molar-refractivity contribution in [2.24, 2.45) is 0 Å². The van der Waals surface area contributed by atoms with Crippen LogP contribution in [-0.4, -0.2) is 55.3 Å². The molecule has 0 aliphatic carbocycles. The van der Waals surface area contributed by atoms with Crippen molar-refractivity contribution in [3.8, 4) is 0 Å². The van der Waals surface area contributed by atoms with Crippen LogP contribution in [0.25, 0.3) is 0 Å². The van der Waals surface area contributed by atoms with Crippen molar-refractivity contribution >= 4 is 29.4 Å². The van der Waals surface area contributed by atoms with Gasteiger partial charge in [-0.3, -0.25) is 5.43 Å². The number of aromatic nitrogens is 2. The summed E-state index contributed by atoms with van der Waals surface area (Å²) < 4.78 is 17.3. The summed E-state index contributed by atoms with van der Waals surface area (Å²) in [5, 5.41) is 3.79. The number of nitrogens with zero attached hydrogens (tertiary/aromatic N) is 2. The van der Waals surface area contributed by atoms with E-state index in [1.54, 1.807) is 24.7 Å². The molecule has 1 atom stereocenters. The van der Waals surface area contributed by atoms with Gasteiger partial charge >= 0.3 is 11.9 Å². The average molecular weight is 473 g/mol. The van der Waals surface area contributed by atoms with E-state index in [4.69, 9.17) is 14.2 Å². The third-order valence-electron chi connectivity index (χ3n) is 5.16. The van der Waals surface area contributed by atoms with Crippen LogP contribution in [0.3, 0.4) is 0 Å². The number of para-hydroxylation sites is 1. The number of thioether (sulfide) groups is 1. The van der Waals surface area contributed by atoms with E-state index in [0.29, 0.717) is 33.4 Å². The van der Waals surface area contributed by atoms with Gasteiger partial charge in [-0.05, 0) is 32.2 Å². The van der Waals surface area contributed by atoms with Gasteiger partial charge in [-0.1, -0.05) is 30.0 Å². The van der Waals surface area contributed by atoms with Crippen LogP contribution >= 0.6 is 11.8 Å². The number of anilines is 1. The molecule has 1 aliphatic rings. The van der Waals surface area contributed by atoms with Gasteiger partial charge in [0.1, 0.15) is 6.61 Å². The van der Waals surface area contributed by atoms with E-state index in [1.165, 1.54) is 26.0 Å². The van der Waals surface area contributed by atoms with Gasteiger partial charge in [0.15, 0.2) is 5.16 Å². The van der Waals surface area contributed by atoms with E-state index in [-0.39, 0.29) is 13.2 Å². The van der Waals surface area contributed by atoms with E-state index in [9.17, 15) is 9.59 Å². The summed E-state index contributed by atoms with van der Waals surface area (Å²) >= 11 is 1.44. The summed E-state index contributed by atoms with van der Waals surface area (Å²) in [5.74, 6) is -1.86. The predicted molar refractivity (Wildman–Crippen MR) is 126 cm³/mol. The Kier molecular flexibility index (Phi) is 8.18. The van der Waals surface area contributed by atoms with E-state index < -0.39 is 17.9 Å². The van der Waals surface area contributed by atoms with Gasteiger partial charge in [0.25, 0.3) is 0 Å². The summed E-state index contributed by atoms with van der Waals surface area (Å²) in [4.78, 5) is 30.6. The first-order valence-corrected chi connectivity index (χ1v) is 11.5. The number of benzene rings is 1. The number of hydrogen-bond acceptors (Lipinski definition) is 9. The molecule has 1 aliphatic heterocycles. The monoisotopic (exact) mass is 472 g/mol. The van der Waals surface area contributed by atoms with Crippen molar-refractivity contribution in [2.75, 3.05) is 39.1 Å². The molecule has 0 bridgehead atoms. The lowest BCUT2D eigenvalue weighted by atomic mass is 9.83. The van der Waals surface area contributed by atoms with Gasteiger partial charge < -0.3 is 19.5 Å². The first kappa shape index (κ1) is 24.4. The largest absolute Gasteiger partial charge is 0.466 e. The molecule has 0 amide bonds. The van der Waals surface area contributed by atoms with Gasteiger partial charge in [-0.15, -0.1) is 0 Å². The SMILES string of the molecule is COCCOC(=O)C1=C(C)NC(C)=C(C(=O)OC)C1c1cnc(SC)n1Nc1ccccc1. The van der Waals surface area contributed by atoms with E-state index >= 15 is 0 Å².